The summed E-state index contributed by atoms with van der Waals surface area (Å²) in [6.07, 6.45) is 7.11. The van der Waals surface area contributed by atoms with Crippen LogP contribution in [0.15, 0.2) is 62.3 Å². The molecule has 2 aromatic heterocycles. The van der Waals surface area contributed by atoms with Crippen molar-refractivity contribution in [2.45, 2.75) is 25.7 Å². The number of nitrogens with one attached hydrogen (secondary N) is 1. The van der Waals surface area contributed by atoms with Crippen molar-refractivity contribution >= 4 is 50.1 Å². The van der Waals surface area contributed by atoms with Crippen molar-refractivity contribution in [1.82, 2.24) is 19.3 Å². The van der Waals surface area contributed by atoms with Gasteiger partial charge >= 0.3 is 0 Å². The van der Waals surface area contributed by atoms with E-state index in [4.69, 9.17) is 9.72 Å². The molecule has 2 unspecified atom stereocenters. The molecule has 0 aliphatic carbocycles. The molecule has 1 saturated heterocycles. The van der Waals surface area contributed by atoms with E-state index >= 15 is 0 Å². The summed E-state index contributed by atoms with van der Waals surface area (Å²) in [4.78, 5) is 33.8. The highest BCUT2D eigenvalue weighted by molar-refractivity contribution is 7.92. The van der Waals surface area contributed by atoms with Gasteiger partial charge in [-0.15, -0.1) is 6.58 Å². The zero-order valence-electron chi connectivity index (χ0n) is 21.6. The fourth-order valence-electron chi connectivity index (χ4n) is 4.45. The molecule has 2 aliphatic heterocycles. The van der Waals surface area contributed by atoms with Crippen molar-refractivity contribution < 1.29 is 8.95 Å². The largest absolute Gasteiger partial charge is 0.378 e. The van der Waals surface area contributed by atoms with Gasteiger partial charge in [-0.05, 0) is 31.2 Å². The number of aliphatic imine (C=N–C) groups is 2. The average molecular weight is 538 g/mol. The van der Waals surface area contributed by atoms with Gasteiger partial charge in [0.2, 0.25) is 5.95 Å². The fourth-order valence-corrected chi connectivity index (χ4v) is 4.99. The number of hydrogen-bond acceptors (Lipinski definition) is 10. The Labute approximate surface area is 220 Å². The van der Waals surface area contributed by atoms with E-state index in [-0.39, 0.29) is 24.0 Å². The number of anilines is 3. The first-order valence-electron chi connectivity index (χ1n) is 12.3. The monoisotopic (exact) mass is 537 g/mol. The predicted octanol–water partition coefficient (Wildman–Crippen LogP) is 2.46. The van der Waals surface area contributed by atoms with Crippen molar-refractivity contribution in [2.75, 3.05) is 49.0 Å². The van der Waals surface area contributed by atoms with E-state index in [1.165, 1.54) is 29.6 Å². The number of rotatable bonds is 6. The van der Waals surface area contributed by atoms with Crippen molar-refractivity contribution in [1.29, 1.82) is 0 Å². The molecule has 5 rings (SSSR count). The Morgan fingerprint density at radius 2 is 1.97 bits per heavy atom. The van der Waals surface area contributed by atoms with Gasteiger partial charge in [0, 0.05) is 52.9 Å². The Kier molecular flexibility index (Phi) is 7.13. The maximum atomic E-state index is 13.3. The van der Waals surface area contributed by atoms with Crippen LogP contribution in [0, 0.1) is 0 Å². The molecule has 200 valence electrons. The van der Waals surface area contributed by atoms with Gasteiger partial charge in [-0.2, -0.15) is 9.35 Å². The summed E-state index contributed by atoms with van der Waals surface area (Å²) < 4.78 is 25.1. The molecule has 0 radical (unpaired) electrons. The van der Waals surface area contributed by atoms with Crippen LogP contribution in [-0.4, -0.2) is 80.4 Å². The molecular weight excluding hydrogens is 506 g/mol. The number of allylic oxidation sites excluding steroid dienone is 1. The molecule has 12 nitrogen and oxygen atoms in total. The van der Waals surface area contributed by atoms with Gasteiger partial charge in [0.1, 0.15) is 5.39 Å². The van der Waals surface area contributed by atoms with E-state index in [0.29, 0.717) is 17.0 Å². The Morgan fingerprint density at radius 3 is 2.66 bits per heavy atom. The summed E-state index contributed by atoms with van der Waals surface area (Å²) in [6, 6.07) is 7.71. The minimum absolute atomic E-state index is 0.244. The van der Waals surface area contributed by atoms with Crippen LogP contribution in [0.25, 0.3) is 11.0 Å². The van der Waals surface area contributed by atoms with Gasteiger partial charge in [-0.25, -0.2) is 23.5 Å². The molecule has 0 saturated carbocycles. The molecule has 1 N–H and O–H groups in total. The normalized spacial score (nSPS) is 19.9. The van der Waals surface area contributed by atoms with Crippen LogP contribution in [0.3, 0.4) is 0 Å². The molecule has 0 spiro atoms. The van der Waals surface area contributed by atoms with Crippen LogP contribution < -0.4 is 15.8 Å². The first-order chi connectivity index (χ1) is 18.2. The second kappa shape index (κ2) is 10.5. The van der Waals surface area contributed by atoms with Gasteiger partial charge in [0.25, 0.3) is 5.56 Å². The molecular formula is C25H31N9O3S. The summed E-state index contributed by atoms with van der Waals surface area (Å²) in [5.74, 6) is 0.599. The fraction of sp³-hybridized carbons (Fsp3) is 0.400. The van der Waals surface area contributed by atoms with Gasteiger partial charge in [0.15, 0.2) is 17.6 Å². The lowest BCUT2D eigenvalue weighted by Gasteiger charge is -2.28. The zero-order chi connectivity index (χ0) is 26.9. The molecule has 3 aromatic rings. The summed E-state index contributed by atoms with van der Waals surface area (Å²) in [5.41, 5.74) is 2.09. The second-order valence-corrected chi connectivity index (χ2v) is 12.0. The standard InChI is InChI=1S/C25H31N9O3S/c1-5-10-33-24(35)20-15-27-25(28-18-6-8-19(9-7-18)32-11-13-37-14-12-32)30-23(20)34(33)22-17(2)26-16-21(29-22)31-38(3,4)36/h5-9,15-17,22H,1,10-14H2,2-4H3,(H,27,28,30). The number of nitrogens with zero attached hydrogens (tertiary/aromatic N) is 8. The minimum Gasteiger partial charge on any atom is -0.378 e. The first-order valence-corrected chi connectivity index (χ1v) is 14.6. The Bertz CT molecular complexity index is 1580. The quantitative estimate of drug-likeness (QED) is 0.478. The lowest BCUT2D eigenvalue weighted by atomic mass is 10.2. The van der Waals surface area contributed by atoms with Crippen LogP contribution in [0.2, 0.25) is 0 Å². The number of benzene rings is 1. The third-order valence-electron chi connectivity index (χ3n) is 6.20. The SMILES string of the molecule is C=CCn1c(=O)c2cnc(Nc3ccc(N4CCOCC4)cc3)nc2n1C1N=C(N=S(C)(C)=O)C=NC1C. The maximum Gasteiger partial charge on any atom is 0.278 e. The predicted molar refractivity (Wildman–Crippen MR) is 152 cm³/mol. The van der Waals surface area contributed by atoms with Crippen LogP contribution in [0.1, 0.15) is 13.1 Å². The number of amidine groups is 1. The lowest BCUT2D eigenvalue weighted by molar-refractivity contribution is 0.122. The molecule has 2 atom stereocenters. The minimum atomic E-state index is -2.44. The maximum absolute atomic E-state index is 13.3. The van der Waals surface area contributed by atoms with Gasteiger partial charge in [0.05, 0.1) is 32.0 Å². The van der Waals surface area contributed by atoms with E-state index in [9.17, 15) is 9.00 Å². The molecule has 13 heteroatoms. The summed E-state index contributed by atoms with van der Waals surface area (Å²) in [7, 11) is -2.44. The highest BCUT2D eigenvalue weighted by Crippen LogP contribution is 2.26. The van der Waals surface area contributed by atoms with Crippen LogP contribution in [0.4, 0.5) is 17.3 Å². The Balaban J connectivity index is 1.52. The second-order valence-electron chi connectivity index (χ2n) is 9.41. The first kappa shape index (κ1) is 25.8. The van der Waals surface area contributed by atoms with Crippen molar-refractivity contribution in [2.24, 2.45) is 14.3 Å². The third kappa shape index (κ3) is 5.38. The molecule has 1 fully saturated rings. The average Bonchev–Trinajstić information content (AvgIpc) is 3.16. The molecule has 38 heavy (non-hydrogen) atoms. The summed E-state index contributed by atoms with van der Waals surface area (Å²) in [6.45, 7) is 9.10. The molecule has 2 aliphatic rings. The highest BCUT2D eigenvalue weighted by atomic mass is 32.2. The number of hydrogen-bond donors (Lipinski definition) is 1. The number of ether oxygens (including phenoxy) is 1. The number of aromatic nitrogens is 4. The summed E-state index contributed by atoms with van der Waals surface area (Å²) >= 11 is 0. The van der Waals surface area contributed by atoms with Crippen LogP contribution in [-0.2, 0) is 21.0 Å². The zero-order valence-corrected chi connectivity index (χ0v) is 22.5. The Hall–Kier alpha value is -3.84. The van der Waals surface area contributed by atoms with E-state index in [1.54, 1.807) is 10.8 Å². The van der Waals surface area contributed by atoms with Crippen LogP contribution >= 0.6 is 0 Å². The van der Waals surface area contributed by atoms with E-state index in [0.717, 1.165) is 37.7 Å². The van der Waals surface area contributed by atoms with E-state index in [2.05, 4.69) is 36.1 Å². The van der Waals surface area contributed by atoms with Crippen molar-refractivity contribution in [3.05, 3.63) is 53.5 Å². The smallest absolute Gasteiger partial charge is 0.278 e. The number of fused-ring (bicyclic) bond motifs is 1. The van der Waals surface area contributed by atoms with Gasteiger partial charge < -0.3 is 15.0 Å². The van der Waals surface area contributed by atoms with Crippen molar-refractivity contribution in [3.63, 3.8) is 0 Å². The Morgan fingerprint density at radius 1 is 1.24 bits per heavy atom. The summed E-state index contributed by atoms with van der Waals surface area (Å²) in [5, 5.41) is 3.59. The van der Waals surface area contributed by atoms with Gasteiger partial charge in [-0.3, -0.25) is 9.79 Å². The van der Waals surface area contributed by atoms with E-state index in [1.807, 2.05) is 31.2 Å². The van der Waals surface area contributed by atoms with E-state index < -0.39 is 15.9 Å². The highest BCUT2D eigenvalue weighted by Gasteiger charge is 2.28. The molecule has 4 heterocycles. The van der Waals surface area contributed by atoms with Crippen LogP contribution in [0.5, 0.6) is 0 Å². The molecule has 0 bridgehead atoms. The van der Waals surface area contributed by atoms with Crippen molar-refractivity contribution in [3.8, 4) is 0 Å². The topological polar surface area (TPSA) is 131 Å². The molecule has 1 aromatic carbocycles. The third-order valence-corrected chi connectivity index (χ3v) is 6.82. The lowest BCUT2D eigenvalue weighted by Crippen LogP contribution is -2.36. The molecule has 0 amide bonds. The number of morpholine rings is 1. The van der Waals surface area contributed by atoms with Gasteiger partial charge in [-0.1, -0.05) is 6.08 Å².